The number of carbonyl (C=O) groups is 1. The maximum absolute atomic E-state index is 12.7. The van der Waals surface area contributed by atoms with Crippen LogP contribution in [0.4, 0.5) is 0 Å². The van der Waals surface area contributed by atoms with Crippen LogP contribution in [0.1, 0.15) is 56.2 Å². The van der Waals surface area contributed by atoms with Gasteiger partial charge in [-0.3, -0.25) is 4.79 Å². The Morgan fingerprint density at radius 3 is 2.82 bits per heavy atom. The first kappa shape index (κ1) is 17.2. The first-order valence-electron chi connectivity index (χ1n) is 7.98. The van der Waals surface area contributed by atoms with Crippen LogP contribution < -0.4 is 5.73 Å². The van der Waals surface area contributed by atoms with Gasteiger partial charge in [-0.25, -0.2) is 0 Å². The number of aryl methyl sites for hydroxylation is 1. The van der Waals surface area contributed by atoms with Gasteiger partial charge in [-0.1, -0.05) is 11.6 Å². The van der Waals surface area contributed by atoms with Crippen molar-refractivity contribution in [2.24, 2.45) is 11.7 Å². The quantitative estimate of drug-likeness (QED) is 0.897. The Hall–Kier alpha value is -1.14. The molecule has 1 aliphatic carbocycles. The van der Waals surface area contributed by atoms with Crippen molar-refractivity contribution >= 4 is 18.3 Å². The average molecular weight is 329 g/mol. The standard InChI is InChI=1S/C15H24N4O2.ClH/c1-10-17-14(21-18-10)12-5-3-7-19(9-12)15(20)11-4-2-6-13(16)8-11;/h11-13H,2-9,16H2,1H3;1H. The van der Waals surface area contributed by atoms with E-state index in [9.17, 15) is 4.79 Å². The van der Waals surface area contributed by atoms with Crippen LogP contribution >= 0.6 is 12.4 Å². The number of nitrogens with two attached hydrogens (primary N) is 1. The number of carbonyl (C=O) groups excluding carboxylic acids is 1. The first-order chi connectivity index (χ1) is 10.1. The Morgan fingerprint density at radius 1 is 1.32 bits per heavy atom. The Bertz CT molecular complexity index is 507. The summed E-state index contributed by atoms with van der Waals surface area (Å²) in [4.78, 5) is 19.0. The lowest BCUT2D eigenvalue weighted by molar-refractivity contribution is -0.138. The van der Waals surface area contributed by atoms with E-state index in [0.29, 0.717) is 18.3 Å². The number of aromatic nitrogens is 2. The second kappa shape index (κ2) is 7.42. The fraction of sp³-hybridized carbons (Fsp3) is 0.800. The normalized spacial score (nSPS) is 29.0. The van der Waals surface area contributed by atoms with Gasteiger partial charge in [-0.05, 0) is 39.0 Å². The van der Waals surface area contributed by atoms with Crippen molar-refractivity contribution in [3.8, 4) is 0 Å². The number of piperidine rings is 1. The zero-order valence-electron chi connectivity index (χ0n) is 13.0. The minimum absolute atomic E-state index is 0. The summed E-state index contributed by atoms with van der Waals surface area (Å²) in [7, 11) is 0. The highest BCUT2D eigenvalue weighted by Crippen LogP contribution is 2.30. The second-order valence-electron chi connectivity index (χ2n) is 6.43. The summed E-state index contributed by atoms with van der Waals surface area (Å²) in [5.41, 5.74) is 6.01. The van der Waals surface area contributed by atoms with E-state index in [1.807, 2.05) is 11.8 Å². The van der Waals surface area contributed by atoms with Crippen LogP contribution in [0.2, 0.25) is 0 Å². The van der Waals surface area contributed by atoms with E-state index in [-0.39, 0.29) is 36.2 Å². The molecule has 124 valence electrons. The van der Waals surface area contributed by atoms with Crippen molar-refractivity contribution in [3.05, 3.63) is 11.7 Å². The van der Waals surface area contributed by atoms with Crippen molar-refractivity contribution in [3.63, 3.8) is 0 Å². The highest BCUT2D eigenvalue weighted by molar-refractivity contribution is 5.85. The zero-order chi connectivity index (χ0) is 14.8. The minimum Gasteiger partial charge on any atom is -0.342 e. The van der Waals surface area contributed by atoms with E-state index in [0.717, 1.165) is 45.1 Å². The maximum Gasteiger partial charge on any atom is 0.231 e. The molecule has 0 radical (unpaired) electrons. The molecular formula is C15H25ClN4O2. The summed E-state index contributed by atoms with van der Waals surface area (Å²) >= 11 is 0. The van der Waals surface area contributed by atoms with Crippen LogP contribution in [0.5, 0.6) is 0 Å². The molecule has 1 aromatic rings. The molecule has 2 fully saturated rings. The topological polar surface area (TPSA) is 85.2 Å². The van der Waals surface area contributed by atoms with Gasteiger partial charge in [0, 0.05) is 25.0 Å². The molecule has 7 heteroatoms. The fourth-order valence-electron chi connectivity index (χ4n) is 3.57. The van der Waals surface area contributed by atoms with Crippen LogP contribution in [-0.2, 0) is 4.79 Å². The number of rotatable bonds is 2. The lowest BCUT2D eigenvalue weighted by Gasteiger charge is -2.35. The van der Waals surface area contributed by atoms with Gasteiger partial charge < -0.3 is 15.2 Å². The molecule has 3 unspecified atom stereocenters. The van der Waals surface area contributed by atoms with Gasteiger partial charge in [0.2, 0.25) is 11.8 Å². The molecule has 1 saturated heterocycles. The van der Waals surface area contributed by atoms with E-state index in [2.05, 4.69) is 10.1 Å². The van der Waals surface area contributed by atoms with E-state index in [1.54, 1.807) is 0 Å². The van der Waals surface area contributed by atoms with Gasteiger partial charge in [-0.15, -0.1) is 12.4 Å². The third-order valence-corrected chi connectivity index (χ3v) is 4.69. The Kier molecular flexibility index (Phi) is 5.81. The van der Waals surface area contributed by atoms with Gasteiger partial charge >= 0.3 is 0 Å². The summed E-state index contributed by atoms with van der Waals surface area (Å²) in [6.45, 7) is 3.36. The predicted octanol–water partition coefficient (Wildman–Crippen LogP) is 2.02. The molecule has 2 aliphatic rings. The summed E-state index contributed by atoms with van der Waals surface area (Å²) in [6.07, 6.45) is 5.94. The van der Waals surface area contributed by atoms with Crippen LogP contribution in [0.25, 0.3) is 0 Å². The minimum atomic E-state index is 0. The van der Waals surface area contributed by atoms with Crippen LogP contribution in [-0.4, -0.2) is 40.1 Å². The Balaban J connectivity index is 0.00000176. The average Bonchev–Trinajstić information content (AvgIpc) is 2.93. The molecule has 1 saturated carbocycles. The third kappa shape index (κ3) is 3.79. The highest BCUT2D eigenvalue weighted by Gasteiger charge is 2.33. The molecule has 1 aliphatic heterocycles. The Labute approximate surface area is 137 Å². The number of hydrogen-bond acceptors (Lipinski definition) is 5. The van der Waals surface area contributed by atoms with Gasteiger partial charge in [0.05, 0.1) is 5.92 Å². The zero-order valence-corrected chi connectivity index (χ0v) is 13.8. The summed E-state index contributed by atoms with van der Waals surface area (Å²) in [6, 6.07) is 0.187. The van der Waals surface area contributed by atoms with Gasteiger partial charge in [-0.2, -0.15) is 4.98 Å². The second-order valence-corrected chi connectivity index (χ2v) is 6.43. The number of hydrogen-bond donors (Lipinski definition) is 1. The van der Waals surface area contributed by atoms with Crippen molar-refractivity contribution < 1.29 is 9.32 Å². The monoisotopic (exact) mass is 328 g/mol. The lowest BCUT2D eigenvalue weighted by atomic mass is 9.84. The molecule has 1 amide bonds. The predicted molar refractivity (Wildman–Crippen MR) is 84.8 cm³/mol. The molecule has 0 spiro atoms. The SMILES string of the molecule is Cc1noc(C2CCCN(C(=O)C3CCCC(N)C3)C2)n1.Cl. The summed E-state index contributed by atoms with van der Waals surface area (Å²) in [5, 5.41) is 3.86. The van der Waals surface area contributed by atoms with Crippen molar-refractivity contribution in [2.45, 2.75) is 57.4 Å². The number of amides is 1. The Morgan fingerprint density at radius 2 is 2.14 bits per heavy atom. The molecule has 1 aromatic heterocycles. The smallest absolute Gasteiger partial charge is 0.231 e. The van der Waals surface area contributed by atoms with E-state index >= 15 is 0 Å². The van der Waals surface area contributed by atoms with E-state index in [1.165, 1.54) is 0 Å². The van der Waals surface area contributed by atoms with Gasteiger partial charge in [0.25, 0.3) is 0 Å². The highest BCUT2D eigenvalue weighted by atomic mass is 35.5. The van der Waals surface area contributed by atoms with E-state index in [4.69, 9.17) is 10.3 Å². The van der Waals surface area contributed by atoms with Gasteiger partial charge in [0.1, 0.15) is 0 Å². The molecule has 0 bridgehead atoms. The summed E-state index contributed by atoms with van der Waals surface area (Å²) in [5.74, 6) is 1.89. The molecule has 2 heterocycles. The molecule has 22 heavy (non-hydrogen) atoms. The molecule has 3 rings (SSSR count). The first-order valence-corrected chi connectivity index (χ1v) is 7.98. The summed E-state index contributed by atoms with van der Waals surface area (Å²) < 4.78 is 5.28. The van der Waals surface area contributed by atoms with Crippen molar-refractivity contribution in [2.75, 3.05) is 13.1 Å². The van der Waals surface area contributed by atoms with Crippen LogP contribution in [0, 0.1) is 12.8 Å². The number of halogens is 1. The van der Waals surface area contributed by atoms with Gasteiger partial charge in [0.15, 0.2) is 5.82 Å². The van der Waals surface area contributed by atoms with E-state index < -0.39 is 0 Å². The largest absolute Gasteiger partial charge is 0.342 e. The molecule has 6 nitrogen and oxygen atoms in total. The molecule has 3 atom stereocenters. The number of nitrogens with zero attached hydrogens (tertiary/aromatic N) is 3. The van der Waals surface area contributed by atoms with Crippen molar-refractivity contribution in [1.29, 1.82) is 0 Å². The molecule has 0 aromatic carbocycles. The number of likely N-dealkylation sites (tertiary alicyclic amines) is 1. The fourth-order valence-corrected chi connectivity index (χ4v) is 3.57. The molecule has 2 N–H and O–H groups in total. The van der Waals surface area contributed by atoms with Crippen LogP contribution in [0.15, 0.2) is 4.52 Å². The molecular weight excluding hydrogens is 304 g/mol. The maximum atomic E-state index is 12.7. The lowest BCUT2D eigenvalue weighted by Crippen LogP contribution is -2.44. The van der Waals surface area contributed by atoms with Crippen LogP contribution in [0.3, 0.4) is 0 Å². The van der Waals surface area contributed by atoms with Crippen molar-refractivity contribution in [1.82, 2.24) is 15.0 Å². The third-order valence-electron chi connectivity index (χ3n) is 4.69.